The molecule has 0 unspecified atom stereocenters. The minimum Gasteiger partial charge on any atom is -0.478 e. The molecule has 2 aromatic rings. The van der Waals surface area contributed by atoms with Gasteiger partial charge in [-0.25, -0.2) is 22.4 Å². The van der Waals surface area contributed by atoms with Gasteiger partial charge in [0, 0.05) is 17.8 Å². The van der Waals surface area contributed by atoms with Crippen LogP contribution >= 0.6 is 0 Å². The van der Waals surface area contributed by atoms with Gasteiger partial charge in [0.05, 0.1) is 11.1 Å². The van der Waals surface area contributed by atoms with E-state index in [-0.39, 0.29) is 0 Å². The molecule has 2 aromatic carbocycles. The molecule has 158 valence electrons. The van der Waals surface area contributed by atoms with Crippen LogP contribution in [0.15, 0.2) is 18.2 Å². The summed E-state index contributed by atoms with van der Waals surface area (Å²) in [6, 6.07) is 1.41. The molecule has 0 aliphatic rings. The summed E-state index contributed by atoms with van der Waals surface area (Å²) in [5.41, 5.74) is -7.54. The monoisotopic (exact) mass is 435 g/mol. The molecule has 0 heterocycles. The number of anilines is 1. The second-order valence-electron chi connectivity index (χ2n) is 5.52. The van der Waals surface area contributed by atoms with Crippen LogP contribution < -0.4 is 5.32 Å². The maximum Gasteiger partial charge on any atom is 0.422 e. The van der Waals surface area contributed by atoms with Crippen LogP contribution in [0.3, 0.4) is 0 Å². The summed E-state index contributed by atoms with van der Waals surface area (Å²) < 4.78 is 131. The third kappa shape index (κ3) is 4.38. The van der Waals surface area contributed by atoms with Gasteiger partial charge in [0.1, 0.15) is 5.56 Å². The third-order valence-corrected chi connectivity index (χ3v) is 3.66. The van der Waals surface area contributed by atoms with Gasteiger partial charge in [0.15, 0.2) is 23.3 Å². The highest BCUT2D eigenvalue weighted by atomic mass is 19.4. The first-order valence-corrected chi connectivity index (χ1v) is 7.26. The lowest BCUT2D eigenvalue weighted by Crippen LogP contribution is -2.18. The number of hydrogen-bond donors (Lipinski definition) is 2. The first-order valence-electron chi connectivity index (χ1n) is 7.26. The first-order chi connectivity index (χ1) is 13.2. The smallest absolute Gasteiger partial charge is 0.422 e. The van der Waals surface area contributed by atoms with Crippen molar-refractivity contribution >= 4 is 11.7 Å². The zero-order chi connectivity index (χ0) is 22.3. The summed E-state index contributed by atoms with van der Waals surface area (Å²) in [5, 5.41) is 10.9. The molecule has 0 bridgehead atoms. The largest absolute Gasteiger partial charge is 0.478 e. The van der Waals surface area contributed by atoms with Crippen LogP contribution in [0.4, 0.5) is 49.6 Å². The molecule has 0 aromatic heterocycles. The van der Waals surface area contributed by atoms with E-state index in [1.807, 2.05) is 5.32 Å². The van der Waals surface area contributed by atoms with Crippen molar-refractivity contribution in [3.63, 3.8) is 0 Å². The van der Waals surface area contributed by atoms with Gasteiger partial charge in [-0.2, -0.15) is 26.3 Å². The lowest BCUT2D eigenvalue weighted by atomic mass is 10.1. The highest BCUT2D eigenvalue weighted by molar-refractivity contribution is 5.91. The van der Waals surface area contributed by atoms with Crippen molar-refractivity contribution in [1.29, 1.82) is 0 Å². The second-order valence-corrected chi connectivity index (χ2v) is 5.52. The predicted octanol–water partition coefficient (Wildman–Crippen LogP) is 5.59. The lowest BCUT2D eigenvalue weighted by Gasteiger charge is -2.16. The van der Waals surface area contributed by atoms with Gasteiger partial charge in [0.2, 0.25) is 0 Å². The van der Waals surface area contributed by atoms with Gasteiger partial charge in [-0.15, -0.1) is 0 Å². The van der Waals surface area contributed by atoms with E-state index in [1.54, 1.807) is 0 Å². The second kappa shape index (κ2) is 7.44. The van der Waals surface area contributed by atoms with E-state index in [4.69, 9.17) is 5.11 Å². The Morgan fingerprint density at radius 3 is 1.79 bits per heavy atom. The SMILES string of the molecule is O=C(O)c1cc(NCc2c(F)c(F)c(C(F)(F)F)c(F)c2F)ccc1C(F)(F)F. The lowest BCUT2D eigenvalue weighted by molar-refractivity contribution is -0.143. The summed E-state index contributed by atoms with van der Waals surface area (Å²) >= 11 is 0. The Labute approximate surface area is 154 Å². The molecular formula is C16H7F10NO2. The molecule has 2 rings (SSSR count). The number of rotatable bonds is 4. The number of carbonyl (C=O) groups is 1. The van der Waals surface area contributed by atoms with E-state index in [0.717, 1.165) is 0 Å². The molecule has 0 spiro atoms. The zero-order valence-corrected chi connectivity index (χ0v) is 13.6. The normalized spacial score (nSPS) is 12.2. The van der Waals surface area contributed by atoms with Crippen molar-refractivity contribution in [2.24, 2.45) is 0 Å². The summed E-state index contributed by atoms with van der Waals surface area (Å²) in [6.07, 6.45) is -10.8. The van der Waals surface area contributed by atoms with Gasteiger partial charge >= 0.3 is 18.3 Å². The van der Waals surface area contributed by atoms with Crippen molar-refractivity contribution < 1.29 is 53.8 Å². The summed E-state index contributed by atoms with van der Waals surface area (Å²) in [7, 11) is 0. The molecule has 0 amide bonds. The number of carboxylic acid groups (broad SMARTS) is 1. The number of halogens is 10. The predicted molar refractivity (Wildman–Crippen MR) is 77.0 cm³/mol. The summed E-state index contributed by atoms with van der Waals surface area (Å²) in [4.78, 5) is 11.0. The minimum absolute atomic E-state index is 0.326. The maximum atomic E-state index is 13.8. The Morgan fingerprint density at radius 1 is 0.862 bits per heavy atom. The molecular weight excluding hydrogens is 428 g/mol. The number of benzene rings is 2. The molecule has 0 saturated heterocycles. The molecule has 0 atom stereocenters. The molecule has 0 aliphatic carbocycles. The molecule has 2 N–H and O–H groups in total. The van der Waals surface area contributed by atoms with E-state index < -0.39 is 76.1 Å². The van der Waals surface area contributed by atoms with Crippen LogP contribution in [0.2, 0.25) is 0 Å². The molecule has 0 saturated carbocycles. The van der Waals surface area contributed by atoms with Crippen molar-refractivity contribution in [2.75, 3.05) is 5.32 Å². The fourth-order valence-electron chi connectivity index (χ4n) is 2.35. The molecule has 0 fully saturated rings. The summed E-state index contributed by atoms with van der Waals surface area (Å²) in [5.74, 6) is -12.1. The van der Waals surface area contributed by atoms with Crippen molar-refractivity contribution in [3.05, 3.63) is 63.7 Å². The van der Waals surface area contributed by atoms with Crippen LogP contribution in [-0.4, -0.2) is 11.1 Å². The topological polar surface area (TPSA) is 49.3 Å². The highest BCUT2D eigenvalue weighted by Crippen LogP contribution is 2.37. The van der Waals surface area contributed by atoms with E-state index in [2.05, 4.69) is 0 Å². The van der Waals surface area contributed by atoms with Crippen LogP contribution in [0.25, 0.3) is 0 Å². The Morgan fingerprint density at radius 2 is 1.38 bits per heavy atom. The molecule has 29 heavy (non-hydrogen) atoms. The van der Waals surface area contributed by atoms with E-state index in [0.29, 0.717) is 18.2 Å². The summed E-state index contributed by atoms with van der Waals surface area (Å²) in [6.45, 7) is -1.20. The zero-order valence-electron chi connectivity index (χ0n) is 13.6. The van der Waals surface area contributed by atoms with Gasteiger partial charge in [-0.3, -0.25) is 0 Å². The van der Waals surface area contributed by atoms with Gasteiger partial charge in [-0.1, -0.05) is 0 Å². The van der Waals surface area contributed by atoms with Gasteiger partial charge in [-0.05, 0) is 18.2 Å². The number of hydrogen-bond acceptors (Lipinski definition) is 2. The average Bonchev–Trinajstić information content (AvgIpc) is 2.58. The van der Waals surface area contributed by atoms with Crippen LogP contribution in [0.1, 0.15) is 27.0 Å². The van der Waals surface area contributed by atoms with Crippen LogP contribution in [-0.2, 0) is 18.9 Å². The van der Waals surface area contributed by atoms with E-state index >= 15 is 0 Å². The standard InChI is InChI=1S/C16H7F10NO2/c17-10-7(11(18)13(20)9(12(10)19)16(24,25)26)4-27-5-1-2-8(15(21,22)23)6(3-5)14(28)29/h1-3,27H,4H2,(H,28,29). The maximum absolute atomic E-state index is 13.8. The van der Waals surface area contributed by atoms with E-state index in [1.165, 1.54) is 0 Å². The fraction of sp³-hybridized carbons (Fsp3) is 0.188. The number of aromatic carboxylic acids is 1. The van der Waals surface area contributed by atoms with Crippen molar-refractivity contribution in [2.45, 2.75) is 18.9 Å². The van der Waals surface area contributed by atoms with Gasteiger partial charge < -0.3 is 10.4 Å². The fourth-order valence-corrected chi connectivity index (χ4v) is 2.35. The van der Waals surface area contributed by atoms with E-state index in [9.17, 15) is 48.7 Å². The average molecular weight is 435 g/mol. The Hall–Kier alpha value is -2.99. The van der Waals surface area contributed by atoms with Gasteiger partial charge in [0.25, 0.3) is 0 Å². The van der Waals surface area contributed by atoms with Crippen molar-refractivity contribution in [3.8, 4) is 0 Å². The Kier molecular flexibility index (Phi) is 5.72. The third-order valence-electron chi connectivity index (χ3n) is 3.66. The Balaban J connectivity index is 2.43. The minimum atomic E-state index is -5.73. The van der Waals surface area contributed by atoms with Crippen molar-refractivity contribution in [1.82, 2.24) is 0 Å². The van der Waals surface area contributed by atoms with Crippen LogP contribution in [0.5, 0.6) is 0 Å². The number of alkyl halides is 6. The quantitative estimate of drug-likeness (QED) is 0.486. The number of carboxylic acids is 1. The first kappa shape index (κ1) is 22.3. The van der Waals surface area contributed by atoms with Crippen LogP contribution in [0, 0.1) is 23.3 Å². The number of nitrogens with one attached hydrogen (secondary N) is 1. The molecule has 0 radical (unpaired) electrons. The molecule has 0 aliphatic heterocycles. The Bertz CT molecular complexity index is 937. The molecule has 3 nitrogen and oxygen atoms in total. The molecule has 13 heteroatoms. The highest BCUT2D eigenvalue weighted by Gasteiger charge is 2.42.